The Bertz CT molecular complexity index is 464. The number of H-pyrrole nitrogens is 1. The third-order valence-electron chi connectivity index (χ3n) is 2.52. The summed E-state index contributed by atoms with van der Waals surface area (Å²) in [6, 6.07) is 4.56. The summed E-state index contributed by atoms with van der Waals surface area (Å²) in [5.41, 5.74) is 1.53. The summed E-state index contributed by atoms with van der Waals surface area (Å²) in [5, 5.41) is 3.20. The van der Waals surface area contributed by atoms with E-state index >= 15 is 0 Å². The molecule has 0 bridgehead atoms. The first-order valence-electron chi connectivity index (χ1n) is 5.68. The highest BCUT2D eigenvalue weighted by atomic mass is 19.1. The number of rotatable bonds is 5. The summed E-state index contributed by atoms with van der Waals surface area (Å²) in [7, 11) is 0. The van der Waals surface area contributed by atoms with Crippen LogP contribution in [-0.2, 0) is 0 Å². The number of anilines is 1. The fourth-order valence-electron chi connectivity index (χ4n) is 1.65. The molecule has 0 aliphatic heterocycles. The predicted molar refractivity (Wildman–Crippen MR) is 64.1 cm³/mol. The van der Waals surface area contributed by atoms with Crippen molar-refractivity contribution in [2.75, 3.05) is 11.9 Å². The summed E-state index contributed by atoms with van der Waals surface area (Å²) in [6.45, 7) is 3.07. The number of unbranched alkanes of at least 4 members (excludes halogenated alkanes) is 2. The van der Waals surface area contributed by atoms with Gasteiger partial charge in [0.1, 0.15) is 5.82 Å². The van der Waals surface area contributed by atoms with E-state index < -0.39 is 0 Å². The van der Waals surface area contributed by atoms with E-state index in [9.17, 15) is 4.39 Å². The molecule has 0 saturated carbocycles. The molecule has 1 aromatic carbocycles. The summed E-state index contributed by atoms with van der Waals surface area (Å²) < 4.78 is 12.9. The molecule has 4 heteroatoms. The van der Waals surface area contributed by atoms with Gasteiger partial charge in [0, 0.05) is 6.54 Å². The van der Waals surface area contributed by atoms with E-state index in [1.807, 2.05) is 0 Å². The van der Waals surface area contributed by atoms with E-state index in [2.05, 4.69) is 22.2 Å². The summed E-state index contributed by atoms with van der Waals surface area (Å²) >= 11 is 0. The second kappa shape index (κ2) is 4.96. The molecular weight excluding hydrogens is 205 g/mol. The van der Waals surface area contributed by atoms with Crippen molar-refractivity contribution in [3.63, 3.8) is 0 Å². The molecule has 0 saturated heterocycles. The lowest BCUT2D eigenvalue weighted by atomic mass is 10.2. The number of imidazole rings is 1. The normalized spacial score (nSPS) is 10.9. The monoisotopic (exact) mass is 221 g/mol. The molecule has 1 aromatic heterocycles. The van der Waals surface area contributed by atoms with E-state index in [0.29, 0.717) is 0 Å². The van der Waals surface area contributed by atoms with Crippen LogP contribution in [0.15, 0.2) is 18.2 Å². The number of fused-ring (bicyclic) bond motifs is 1. The Labute approximate surface area is 94.1 Å². The Morgan fingerprint density at radius 1 is 1.38 bits per heavy atom. The number of hydrogen-bond acceptors (Lipinski definition) is 2. The highest BCUT2D eigenvalue weighted by Gasteiger charge is 2.02. The molecule has 2 N–H and O–H groups in total. The van der Waals surface area contributed by atoms with Crippen molar-refractivity contribution in [2.45, 2.75) is 26.2 Å². The lowest BCUT2D eigenvalue weighted by molar-refractivity contribution is 0.629. The van der Waals surface area contributed by atoms with Crippen molar-refractivity contribution in [3.05, 3.63) is 24.0 Å². The quantitative estimate of drug-likeness (QED) is 0.760. The number of halogens is 1. The maximum Gasteiger partial charge on any atom is 0.201 e. The van der Waals surface area contributed by atoms with E-state index in [1.54, 1.807) is 6.07 Å². The first-order chi connectivity index (χ1) is 7.79. The molecule has 86 valence electrons. The fourth-order valence-corrected chi connectivity index (χ4v) is 1.65. The van der Waals surface area contributed by atoms with Gasteiger partial charge in [0.2, 0.25) is 5.95 Å². The van der Waals surface area contributed by atoms with E-state index in [1.165, 1.54) is 25.0 Å². The first kappa shape index (κ1) is 10.9. The van der Waals surface area contributed by atoms with Gasteiger partial charge >= 0.3 is 0 Å². The van der Waals surface area contributed by atoms with Gasteiger partial charge in [-0.3, -0.25) is 0 Å². The highest BCUT2D eigenvalue weighted by Crippen LogP contribution is 2.15. The van der Waals surface area contributed by atoms with Crippen LogP contribution < -0.4 is 5.32 Å². The number of benzene rings is 1. The summed E-state index contributed by atoms with van der Waals surface area (Å²) in [6.07, 6.45) is 3.54. The Balaban J connectivity index is 2.02. The van der Waals surface area contributed by atoms with Gasteiger partial charge in [0.25, 0.3) is 0 Å². The van der Waals surface area contributed by atoms with Crippen LogP contribution in [0.3, 0.4) is 0 Å². The average molecular weight is 221 g/mol. The maximum absolute atomic E-state index is 12.9. The van der Waals surface area contributed by atoms with Crippen LogP contribution in [0.1, 0.15) is 26.2 Å². The van der Waals surface area contributed by atoms with Gasteiger partial charge in [0.05, 0.1) is 11.0 Å². The van der Waals surface area contributed by atoms with Crippen molar-refractivity contribution >= 4 is 17.0 Å². The Morgan fingerprint density at radius 3 is 3.06 bits per heavy atom. The van der Waals surface area contributed by atoms with Gasteiger partial charge in [0.15, 0.2) is 0 Å². The van der Waals surface area contributed by atoms with Crippen LogP contribution in [0.5, 0.6) is 0 Å². The minimum atomic E-state index is -0.242. The molecule has 1 heterocycles. The predicted octanol–water partition coefficient (Wildman–Crippen LogP) is 3.30. The van der Waals surface area contributed by atoms with Gasteiger partial charge in [-0.2, -0.15) is 0 Å². The maximum atomic E-state index is 12.9. The first-order valence-corrected chi connectivity index (χ1v) is 5.68. The van der Waals surface area contributed by atoms with Gasteiger partial charge in [-0.25, -0.2) is 9.37 Å². The average Bonchev–Trinajstić information content (AvgIpc) is 2.66. The van der Waals surface area contributed by atoms with Crippen molar-refractivity contribution < 1.29 is 4.39 Å². The smallest absolute Gasteiger partial charge is 0.201 e. The molecule has 0 atom stereocenters. The molecule has 0 fully saturated rings. The lowest BCUT2D eigenvalue weighted by Gasteiger charge is -2.00. The molecular formula is C12H16FN3. The van der Waals surface area contributed by atoms with Gasteiger partial charge in [-0.05, 0) is 24.6 Å². The third-order valence-corrected chi connectivity index (χ3v) is 2.52. The van der Waals surface area contributed by atoms with Crippen LogP contribution >= 0.6 is 0 Å². The van der Waals surface area contributed by atoms with Crippen molar-refractivity contribution in [3.8, 4) is 0 Å². The zero-order valence-corrected chi connectivity index (χ0v) is 9.39. The Morgan fingerprint density at radius 2 is 2.25 bits per heavy atom. The number of nitrogens with zero attached hydrogens (tertiary/aromatic N) is 1. The van der Waals surface area contributed by atoms with Crippen LogP contribution in [0.2, 0.25) is 0 Å². The number of aromatic nitrogens is 2. The standard InChI is InChI=1S/C12H16FN3/c1-2-3-4-7-14-12-15-10-6-5-9(13)8-11(10)16-12/h5-6,8H,2-4,7H2,1H3,(H2,14,15,16). The molecule has 16 heavy (non-hydrogen) atoms. The largest absolute Gasteiger partial charge is 0.356 e. The fraction of sp³-hybridized carbons (Fsp3) is 0.417. The lowest BCUT2D eigenvalue weighted by Crippen LogP contribution is -2.02. The van der Waals surface area contributed by atoms with Crippen LogP contribution in [-0.4, -0.2) is 16.5 Å². The summed E-state index contributed by atoms with van der Waals surface area (Å²) in [5.74, 6) is 0.477. The van der Waals surface area contributed by atoms with Crippen molar-refractivity contribution in [2.24, 2.45) is 0 Å². The molecule has 3 nitrogen and oxygen atoms in total. The zero-order valence-electron chi connectivity index (χ0n) is 9.39. The Kier molecular flexibility index (Phi) is 3.39. The number of nitrogens with one attached hydrogen (secondary N) is 2. The van der Waals surface area contributed by atoms with Crippen LogP contribution in [0.4, 0.5) is 10.3 Å². The molecule has 0 radical (unpaired) electrons. The summed E-state index contributed by atoms with van der Waals surface area (Å²) in [4.78, 5) is 7.37. The molecule has 0 unspecified atom stereocenters. The second-order valence-corrected chi connectivity index (χ2v) is 3.88. The SMILES string of the molecule is CCCCCNc1nc2ccc(F)cc2[nH]1. The van der Waals surface area contributed by atoms with Crippen LogP contribution in [0, 0.1) is 5.82 Å². The number of aromatic amines is 1. The molecule has 0 aliphatic rings. The molecule has 2 aromatic rings. The number of hydrogen-bond donors (Lipinski definition) is 2. The van der Waals surface area contributed by atoms with E-state index in [-0.39, 0.29) is 5.82 Å². The minimum absolute atomic E-state index is 0.242. The van der Waals surface area contributed by atoms with E-state index in [0.717, 1.165) is 29.9 Å². The second-order valence-electron chi connectivity index (χ2n) is 3.88. The topological polar surface area (TPSA) is 40.7 Å². The van der Waals surface area contributed by atoms with Crippen molar-refractivity contribution in [1.82, 2.24) is 9.97 Å². The van der Waals surface area contributed by atoms with Crippen LogP contribution in [0.25, 0.3) is 11.0 Å². The molecule has 0 spiro atoms. The van der Waals surface area contributed by atoms with Crippen molar-refractivity contribution in [1.29, 1.82) is 0 Å². The van der Waals surface area contributed by atoms with Gasteiger partial charge in [-0.1, -0.05) is 19.8 Å². The minimum Gasteiger partial charge on any atom is -0.356 e. The molecule has 2 rings (SSSR count). The zero-order chi connectivity index (χ0) is 11.4. The molecule has 0 amide bonds. The molecule has 0 aliphatic carbocycles. The van der Waals surface area contributed by atoms with E-state index in [4.69, 9.17) is 0 Å². The van der Waals surface area contributed by atoms with Gasteiger partial charge < -0.3 is 10.3 Å². The van der Waals surface area contributed by atoms with Gasteiger partial charge in [-0.15, -0.1) is 0 Å². The third kappa shape index (κ3) is 2.51. The highest BCUT2D eigenvalue weighted by molar-refractivity contribution is 5.77. The Hall–Kier alpha value is -1.58.